The van der Waals surface area contributed by atoms with Crippen molar-refractivity contribution in [3.05, 3.63) is 52.6 Å². The fourth-order valence-electron chi connectivity index (χ4n) is 12.3. The number of rotatable bonds is 33. The molecule has 540 valence electrons. The fraction of sp³-hybridized carbons (Fsp3) is 0.712. The van der Waals surface area contributed by atoms with Gasteiger partial charge in [-0.05, 0) is 43.1 Å². The number of ether oxygens (including phenoxy) is 4. The van der Waals surface area contributed by atoms with Gasteiger partial charge in [0.15, 0.2) is 23.7 Å². The molecule has 21 atom stereocenters. The number of nitrogens with one attached hydrogen (secondary N) is 4. The number of carbonyl (C=O) groups excluding carboxylic acids is 6. The predicted molar refractivity (Wildman–Crippen MR) is 338 cm³/mol. The molecule has 6 rings (SSSR count). The Kier molecular flexibility index (Phi) is 28.2. The maximum atomic E-state index is 14.8. The van der Waals surface area contributed by atoms with Gasteiger partial charge < -0.3 is 95.8 Å². The second-order valence-electron chi connectivity index (χ2n) is 25.2. The summed E-state index contributed by atoms with van der Waals surface area (Å²) in [5.41, 5.74) is 5.15. The molecular weight excluding hydrogens is 1310 g/mol. The summed E-state index contributed by atoms with van der Waals surface area (Å²) in [5.74, 6) is -5.65. The number of anilines is 1. The van der Waals surface area contributed by atoms with E-state index in [1.807, 2.05) is 19.9 Å². The minimum atomic E-state index is -5.87. The summed E-state index contributed by atoms with van der Waals surface area (Å²) < 4.78 is 63.7. The van der Waals surface area contributed by atoms with Gasteiger partial charge in [0.1, 0.15) is 54.8 Å². The molecule has 3 fully saturated rings. The number of H-pyrrole nitrogens is 1. The lowest BCUT2D eigenvalue weighted by atomic mass is 9.89. The van der Waals surface area contributed by atoms with E-state index in [0.29, 0.717) is 31.4 Å². The molecule has 1 aromatic carbocycles. The zero-order valence-electron chi connectivity index (χ0n) is 55.7. The van der Waals surface area contributed by atoms with Crippen molar-refractivity contribution in [1.29, 1.82) is 0 Å². The number of likely N-dealkylation sites (tertiary alicyclic amines) is 1. The molecule has 6 amide bonds. The van der Waals surface area contributed by atoms with Crippen molar-refractivity contribution in [1.82, 2.24) is 50.2 Å². The van der Waals surface area contributed by atoms with Crippen molar-refractivity contribution in [2.24, 2.45) is 23.7 Å². The van der Waals surface area contributed by atoms with E-state index in [1.165, 1.54) is 26.2 Å². The second kappa shape index (κ2) is 34.2. The van der Waals surface area contributed by atoms with Crippen LogP contribution in [-0.4, -0.2) is 250 Å². The van der Waals surface area contributed by atoms with E-state index in [-0.39, 0.29) is 41.3 Å². The molecule has 14 N–H and O–H groups in total. The van der Waals surface area contributed by atoms with Gasteiger partial charge in [-0.3, -0.25) is 52.2 Å². The number of aromatic nitrogens is 4. The first-order valence-electron chi connectivity index (χ1n) is 31.6. The molecule has 7 unspecified atom stereocenters. The number of methoxy groups -OCH3 is 2. The van der Waals surface area contributed by atoms with Crippen molar-refractivity contribution >= 4 is 68.2 Å². The molecular formula is C59H95N11O24P2. The number of likely N-dealkylation sites (N-methyl/N-ethyl adjacent to an activating group) is 2. The molecule has 0 spiro atoms. The Morgan fingerprint density at radius 3 is 2.10 bits per heavy atom. The van der Waals surface area contributed by atoms with Gasteiger partial charge in [0.05, 0.1) is 61.7 Å². The Morgan fingerprint density at radius 1 is 0.833 bits per heavy atom. The third-order valence-electron chi connectivity index (χ3n) is 17.8. The second-order valence-corrected chi connectivity index (χ2v) is 28.2. The van der Waals surface area contributed by atoms with Crippen LogP contribution in [0, 0.1) is 23.7 Å². The number of aliphatic hydroxyl groups excluding tert-OH is 6. The van der Waals surface area contributed by atoms with Gasteiger partial charge in [0.25, 0.3) is 5.56 Å². The van der Waals surface area contributed by atoms with E-state index in [2.05, 4.69) is 35.2 Å². The van der Waals surface area contributed by atoms with Crippen molar-refractivity contribution in [3.63, 3.8) is 0 Å². The molecule has 0 saturated carbocycles. The lowest BCUT2D eigenvalue weighted by molar-refractivity contribution is -0.273. The zero-order valence-corrected chi connectivity index (χ0v) is 57.5. The van der Waals surface area contributed by atoms with Crippen LogP contribution in [0.15, 0.2) is 41.5 Å². The van der Waals surface area contributed by atoms with Crippen LogP contribution in [0.1, 0.15) is 112 Å². The molecule has 3 aliphatic rings. The average Bonchev–Trinajstić information content (AvgIpc) is 1.59. The van der Waals surface area contributed by atoms with Crippen molar-refractivity contribution in [2.45, 2.75) is 198 Å². The van der Waals surface area contributed by atoms with E-state index in [1.54, 1.807) is 77.8 Å². The number of phosphoric ester groups is 2. The highest BCUT2D eigenvalue weighted by Gasteiger charge is 2.51. The largest absolute Gasteiger partial charge is 0.483 e. The van der Waals surface area contributed by atoms with Crippen LogP contribution < -0.4 is 27.2 Å². The molecule has 3 aromatic rings. The van der Waals surface area contributed by atoms with Gasteiger partial charge >= 0.3 is 15.6 Å². The number of imidazole rings is 1. The molecule has 3 aliphatic heterocycles. The Morgan fingerprint density at radius 2 is 1.49 bits per heavy atom. The van der Waals surface area contributed by atoms with E-state index in [0.717, 1.165) is 15.8 Å². The van der Waals surface area contributed by atoms with Crippen LogP contribution in [0.25, 0.3) is 11.2 Å². The third-order valence-corrected chi connectivity index (χ3v) is 20.4. The summed E-state index contributed by atoms with van der Waals surface area (Å²) in [6.45, 7) is 12.7. The number of benzene rings is 1. The highest BCUT2D eigenvalue weighted by atomic mass is 31.3. The first-order chi connectivity index (χ1) is 45.0. The number of fused-ring (bicyclic) bond motifs is 1. The number of amides is 6. The summed E-state index contributed by atoms with van der Waals surface area (Å²) >= 11 is 0. The lowest BCUT2D eigenvalue weighted by Gasteiger charge is -2.41. The monoisotopic (exact) mass is 1400 g/mol. The number of hydrogen-bond donors (Lipinski definition) is 13. The first kappa shape index (κ1) is 79.0. The van der Waals surface area contributed by atoms with Gasteiger partial charge in [-0.25, -0.2) is 14.1 Å². The minimum absolute atomic E-state index is 0.143. The Labute approximate surface area is 554 Å². The zero-order chi connectivity index (χ0) is 71.6. The smallest absolute Gasteiger partial charge is 0.388 e. The van der Waals surface area contributed by atoms with Crippen LogP contribution in [0.3, 0.4) is 0 Å². The van der Waals surface area contributed by atoms with Gasteiger partial charge in [-0.2, -0.15) is 9.29 Å². The molecule has 0 bridgehead atoms. The average molecular weight is 1400 g/mol. The number of aromatic amines is 1. The molecule has 35 nitrogen and oxygen atoms in total. The van der Waals surface area contributed by atoms with Crippen LogP contribution >= 0.6 is 15.6 Å². The molecule has 2 aromatic heterocycles. The summed E-state index contributed by atoms with van der Waals surface area (Å²) in [6, 6.07) is 4.83. The van der Waals surface area contributed by atoms with Gasteiger partial charge in [-0.15, -0.1) is 0 Å². The summed E-state index contributed by atoms with van der Waals surface area (Å²) in [5, 5.41) is 72.4. The third kappa shape index (κ3) is 19.3. The lowest BCUT2D eigenvalue weighted by Crippen LogP contribution is -2.60. The molecule has 37 heteroatoms. The summed E-state index contributed by atoms with van der Waals surface area (Å²) in [6.07, 6.45) is -18.3. The first-order valence-corrected chi connectivity index (χ1v) is 34.6. The Bertz CT molecular complexity index is 3300. The fourth-order valence-corrected chi connectivity index (χ4v) is 14.5. The van der Waals surface area contributed by atoms with Gasteiger partial charge in [-0.1, -0.05) is 85.2 Å². The Hall–Kier alpha value is -5.95. The molecule has 0 radical (unpaired) electrons. The number of carbonyl (C=O) groups is 6. The summed E-state index contributed by atoms with van der Waals surface area (Å²) in [7, 11) is -5.71. The maximum absolute atomic E-state index is 14.8. The van der Waals surface area contributed by atoms with E-state index < -0.39 is 192 Å². The molecule has 96 heavy (non-hydrogen) atoms. The predicted octanol–water partition coefficient (Wildman–Crippen LogP) is -0.942. The standard InChI is InChI=1S/C59H95N11O24P2/c1-13-30(6)44(35(88-11)24-40(73)69-23-17-20-34(69)51(89-12)31(7)53(80)63-32(8)45(74)33-18-15-14-16-19-33)68(10)56(83)41(28(2)3)64-55(82)43(29(4)5)67(9)39(72)22-21-38(71)61-25-36-46(75)48(77)50(79)58(92-36)93-96(86,87)94-95(84,85)90-26-37-47(76)49(78)57(91-37)70-27-62-42-52(70)65-59(60)66-54(42)81/h14-16,18-19,27-32,34-37,41,43-51,57-58,74-79H,13,17,20-26H2,1-12H3,(H,61,71)(H,63,80)(H,64,82)(H,84,85)(H,86,87)(H3,60,65,66,81)/t30-,31+,32+,34-,35+,36?,37+,41-,43-,44-,45+,46+,47?,48?,49?,50?,51+,57+,58+/m0/s1. The normalized spacial score (nSPS) is 26.3. The molecule has 0 aliphatic carbocycles. The molecule has 5 heterocycles. The van der Waals surface area contributed by atoms with Crippen LogP contribution in [0.5, 0.6) is 0 Å². The highest BCUT2D eigenvalue weighted by Crippen LogP contribution is 2.61. The van der Waals surface area contributed by atoms with Gasteiger partial charge in [0.2, 0.25) is 41.4 Å². The van der Waals surface area contributed by atoms with E-state index in [4.69, 9.17) is 33.7 Å². The SMILES string of the molecule is CC[C@H](C)[C@@H]([C@@H](CC(=O)N1CCC[C@H]1[C@H](OC)[C@@H](C)C(=O)N[C@H](C)[C@@H](O)c1ccccc1)OC)N(C)C(=O)[C@@H](NC(=O)[C@H](C(C)C)N(C)C(=O)CCC(=O)NCC1O[C@H](OP(=O)(O)OP(=O)(O)OC[C@H]2O[C@@H](n3cnc4c(=O)[nH]c(N)nc43)C(O)C2O)C(O)C(O)[C@@H]1O)C(C)C. The maximum Gasteiger partial charge on any atom is 0.483 e. The number of aliphatic hydroxyl groups is 6. The number of nitrogens with two attached hydrogens (primary N) is 1. The number of phosphoric acid groups is 2. The van der Waals surface area contributed by atoms with E-state index >= 15 is 0 Å². The Balaban J connectivity index is 1.01. The molecule has 3 saturated heterocycles. The number of nitrogen functional groups attached to an aromatic ring is 1. The van der Waals surface area contributed by atoms with Crippen LogP contribution in [0.4, 0.5) is 5.95 Å². The van der Waals surface area contributed by atoms with Crippen molar-refractivity contribution in [3.8, 4) is 0 Å². The quantitative estimate of drug-likeness (QED) is 0.0327. The highest BCUT2D eigenvalue weighted by molar-refractivity contribution is 7.61. The van der Waals surface area contributed by atoms with Gasteiger partial charge in [0, 0.05) is 54.2 Å². The van der Waals surface area contributed by atoms with Crippen LogP contribution in [0.2, 0.25) is 0 Å². The number of nitrogens with zero attached hydrogens (tertiary/aromatic N) is 6. The van der Waals surface area contributed by atoms with E-state index in [9.17, 15) is 83.1 Å². The van der Waals surface area contributed by atoms with Crippen LogP contribution in [-0.2, 0) is 70.2 Å². The van der Waals surface area contributed by atoms with Crippen molar-refractivity contribution in [2.75, 3.05) is 53.7 Å². The number of hydrogen-bond acceptors (Lipinski definition) is 25. The summed E-state index contributed by atoms with van der Waals surface area (Å²) in [4.78, 5) is 132. The van der Waals surface area contributed by atoms with Crippen molar-refractivity contribution < 1.29 is 111 Å². The topological polar surface area (TPSA) is 498 Å². The minimum Gasteiger partial charge on any atom is -0.388 e.